The molecular weight excluding hydrogens is 1050 g/mol. The summed E-state index contributed by atoms with van der Waals surface area (Å²) < 4.78 is 51.3. The Labute approximate surface area is 486 Å². The third-order valence-electron chi connectivity index (χ3n) is 13.4. The first kappa shape index (κ1) is 61.7. The van der Waals surface area contributed by atoms with E-state index < -0.39 is 29.8 Å². The lowest BCUT2D eigenvalue weighted by Gasteiger charge is -2.12. The Balaban J connectivity index is 0.767. The third kappa shape index (κ3) is 20.9. The molecule has 0 aliphatic carbocycles. The summed E-state index contributed by atoms with van der Waals surface area (Å²) in [6.07, 6.45) is 17.6. The second-order valence-corrected chi connectivity index (χ2v) is 19.9. The molecule has 0 fully saturated rings. The van der Waals surface area contributed by atoms with Crippen molar-refractivity contribution in [2.75, 3.05) is 26.4 Å². The molecule has 7 rings (SSSR count). The Morgan fingerprint density at radius 3 is 0.807 bits per heavy atom. The molecule has 7 aromatic rings. The highest BCUT2D eigenvalue weighted by atomic mass is 16.6. The number of hydrogen-bond donors (Lipinski definition) is 0. The lowest BCUT2D eigenvalue weighted by Crippen LogP contribution is -2.12. The lowest BCUT2D eigenvalue weighted by atomic mass is 10.1. The molecule has 0 saturated heterocycles. The summed E-state index contributed by atoms with van der Waals surface area (Å²) in [6.45, 7) is 8.08. The normalized spacial score (nSPS) is 10.8. The summed E-state index contributed by atoms with van der Waals surface area (Å²) in [5.74, 6) is 0.821. The van der Waals surface area contributed by atoms with Crippen LogP contribution in [0, 0.1) is 6.92 Å². The zero-order valence-electron chi connectivity index (χ0n) is 47.7. The summed E-state index contributed by atoms with van der Waals surface area (Å²) >= 11 is 0. The van der Waals surface area contributed by atoms with E-state index in [-0.39, 0.29) is 34.1 Å². The Bertz CT molecular complexity index is 3120. The topological polar surface area (TPSA) is 168 Å². The summed E-state index contributed by atoms with van der Waals surface area (Å²) in [4.78, 5) is 64.9. The Morgan fingerprint density at radius 2 is 0.494 bits per heavy atom. The van der Waals surface area contributed by atoms with Gasteiger partial charge >= 0.3 is 29.8 Å². The highest BCUT2D eigenvalue weighted by molar-refractivity contribution is 5.94. The number of benzene rings is 7. The maximum atomic E-state index is 13.2. The monoisotopic (exact) mass is 1130 g/mol. The van der Waals surface area contributed by atoms with Crippen LogP contribution in [0.1, 0.15) is 168 Å². The van der Waals surface area contributed by atoms with Crippen molar-refractivity contribution in [1.82, 2.24) is 0 Å². The largest absolute Gasteiger partial charge is 0.494 e. The van der Waals surface area contributed by atoms with Gasteiger partial charge in [0, 0.05) is 12.0 Å². The second-order valence-electron chi connectivity index (χ2n) is 19.9. The summed E-state index contributed by atoms with van der Waals surface area (Å²) in [5, 5.41) is 0. The zero-order chi connectivity index (χ0) is 58.4. The number of hydrogen-bond acceptors (Lipinski definition) is 14. The summed E-state index contributed by atoms with van der Waals surface area (Å²) in [6, 6.07) is 43.7. The number of esters is 5. The van der Waals surface area contributed by atoms with Gasteiger partial charge in [0.05, 0.1) is 54.2 Å². The van der Waals surface area contributed by atoms with Crippen LogP contribution in [-0.2, 0) is 0 Å². The van der Waals surface area contributed by atoms with Crippen molar-refractivity contribution in [2.24, 2.45) is 0 Å². The van der Waals surface area contributed by atoms with Gasteiger partial charge in [0.25, 0.3) is 0 Å². The molecule has 0 heterocycles. The van der Waals surface area contributed by atoms with Crippen LogP contribution >= 0.6 is 0 Å². The van der Waals surface area contributed by atoms with Crippen LogP contribution in [-0.4, -0.2) is 56.3 Å². The van der Waals surface area contributed by atoms with Crippen LogP contribution in [0.3, 0.4) is 0 Å². The first-order chi connectivity index (χ1) is 40.5. The van der Waals surface area contributed by atoms with E-state index in [1.807, 2.05) is 0 Å². The predicted molar refractivity (Wildman–Crippen MR) is 317 cm³/mol. The van der Waals surface area contributed by atoms with Crippen molar-refractivity contribution >= 4 is 29.8 Å². The molecule has 0 saturated carbocycles. The van der Waals surface area contributed by atoms with E-state index in [9.17, 15) is 24.0 Å². The molecule has 434 valence electrons. The number of rotatable bonds is 34. The smallest absolute Gasteiger partial charge is 0.343 e. The van der Waals surface area contributed by atoms with Crippen LogP contribution in [0.4, 0.5) is 0 Å². The average molecular weight is 1130 g/mol. The third-order valence-corrected chi connectivity index (χ3v) is 13.4. The summed E-state index contributed by atoms with van der Waals surface area (Å²) in [5.41, 5.74) is 1.88. The molecule has 0 unspecified atom stereocenters. The molecule has 0 aliphatic rings. The maximum Gasteiger partial charge on any atom is 0.343 e. The molecule has 0 aromatic heterocycles. The molecule has 0 aliphatic heterocycles. The molecule has 7 aromatic carbocycles. The van der Waals surface area contributed by atoms with Crippen molar-refractivity contribution in [3.63, 3.8) is 0 Å². The molecule has 0 spiro atoms. The van der Waals surface area contributed by atoms with E-state index in [4.69, 9.17) is 42.6 Å². The molecule has 0 radical (unpaired) electrons. The second kappa shape index (κ2) is 33.7. The molecular formula is C69H74O14. The lowest BCUT2D eigenvalue weighted by molar-refractivity contribution is 0.0718. The van der Waals surface area contributed by atoms with Crippen LogP contribution in [0.15, 0.2) is 164 Å². The van der Waals surface area contributed by atoms with Gasteiger partial charge in [0.15, 0.2) is 0 Å². The first-order valence-electron chi connectivity index (χ1n) is 28.9. The fourth-order valence-electron chi connectivity index (χ4n) is 8.55. The molecule has 0 bridgehead atoms. The predicted octanol–water partition coefficient (Wildman–Crippen LogP) is 16.2. The standard InChI is InChI=1S/C69H74O14/c1-4-6-8-10-11-12-13-14-15-17-47-76-57-34-22-51(23-35-57)65(70)79-60-38-28-54(29-39-60)68(73)82-63-20-18-21-64(50(63)3)83-69(74)55-30-40-61(41-31-55)80-66(71)52-26-36-58(37-27-52)77-48-19-49-78-59-42-44-62(45-43-59)81-67(72)53-24-32-56(33-25-53)75-46-16-9-7-5-2/h18,20-45H,4-17,19,46-49H2,1-3H3. The molecule has 14 nitrogen and oxygen atoms in total. The quantitative estimate of drug-likeness (QED) is 0.0212. The zero-order valence-corrected chi connectivity index (χ0v) is 47.7. The van der Waals surface area contributed by atoms with Crippen molar-refractivity contribution < 1.29 is 66.6 Å². The number of carbonyl (C=O) groups excluding carboxylic acids is 5. The van der Waals surface area contributed by atoms with E-state index in [2.05, 4.69) is 13.8 Å². The average Bonchev–Trinajstić information content (AvgIpc) is 3.55. The minimum Gasteiger partial charge on any atom is -0.494 e. The Hall–Kier alpha value is -8.91. The number of carbonyl (C=O) groups is 5. The van der Waals surface area contributed by atoms with Crippen molar-refractivity contribution in [1.29, 1.82) is 0 Å². The Morgan fingerprint density at radius 1 is 0.265 bits per heavy atom. The van der Waals surface area contributed by atoms with E-state index in [1.165, 1.54) is 113 Å². The van der Waals surface area contributed by atoms with E-state index in [1.54, 1.807) is 122 Å². The van der Waals surface area contributed by atoms with Crippen LogP contribution in [0.25, 0.3) is 0 Å². The van der Waals surface area contributed by atoms with Gasteiger partial charge in [-0.25, -0.2) is 24.0 Å². The van der Waals surface area contributed by atoms with Crippen LogP contribution < -0.4 is 42.6 Å². The summed E-state index contributed by atoms with van der Waals surface area (Å²) in [7, 11) is 0. The van der Waals surface area contributed by atoms with Gasteiger partial charge in [-0.2, -0.15) is 0 Å². The SMILES string of the molecule is CCCCCCCCCCCCOc1ccc(C(=O)Oc2ccc(C(=O)Oc3cccc(OC(=O)c4ccc(OC(=O)c5ccc(OCCCOc6ccc(OC(=O)c7ccc(OCCCCCC)cc7)cc6)cc5)cc4)c3C)cc2)cc1. The fourth-order valence-corrected chi connectivity index (χ4v) is 8.55. The molecule has 14 heteroatoms. The minimum atomic E-state index is -0.684. The van der Waals surface area contributed by atoms with Gasteiger partial charge in [-0.15, -0.1) is 0 Å². The van der Waals surface area contributed by atoms with Crippen molar-refractivity contribution in [3.05, 3.63) is 197 Å². The highest BCUT2D eigenvalue weighted by Gasteiger charge is 2.18. The van der Waals surface area contributed by atoms with Gasteiger partial charge in [-0.05, 0) is 177 Å². The van der Waals surface area contributed by atoms with E-state index >= 15 is 0 Å². The number of unbranched alkanes of at least 4 members (excludes halogenated alkanes) is 12. The molecule has 0 amide bonds. The van der Waals surface area contributed by atoms with E-state index in [0.717, 1.165) is 31.4 Å². The fraction of sp³-hybridized carbons (Fsp3) is 0.319. The Kier molecular flexibility index (Phi) is 25.1. The van der Waals surface area contributed by atoms with Gasteiger partial charge in [0.2, 0.25) is 0 Å². The van der Waals surface area contributed by atoms with Crippen molar-refractivity contribution in [3.8, 4) is 51.7 Å². The van der Waals surface area contributed by atoms with E-state index in [0.29, 0.717) is 78.1 Å². The van der Waals surface area contributed by atoms with Crippen LogP contribution in [0.5, 0.6) is 51.7 Å². The first-order valence-corrected chi connectivity index (χ1v) is 28.9. The highest BCUT2D eigenvalue weighted by Crippen LogP contribution is 2.30. The van der Waals surface area contributed by atoms with Crippen molar-refractivity contribution in [2.45, 2.75) is 117 Å². The van der Waals surface area contributed by atoms with Gasteiger partial charge in [-0.1, -0.05) is 97.0 Å². The number of ether oxygens (including phenoxy) is 9. The molecule has 83 heavy (non-hydrogen) atoms. The minimum absolute atomic E-state index is 0.175. The van der Waals surface area contributed by atoms with Gasteiger partial charge in [0.1, 0.15) is 51.7 Å². The maximum absolute atomic E-state index is 13.2. The van der Waals surface area contributed by atoms with Gasteiger partial charge in [-0.3, -0.25) is 0 Å². The van der Waals surface area contributed by atoms with Gasteiger partial charge < -0.3 is 42.6 Å². The van der Waals surface area contributed by atoms with Crippen LogP contribution in [0.2, 0.25) is 0 Å². The molecule has 0 N–H and O–H groups in total. The molecule has 0 atom stereocenters.